The number of anilines is 6. The molecule has 0 aromatic heterocycles. The molecule has 0 atom stereocenters. The molecule has 0 fully saturated rings. The summed E-state index contributed by atoms with van der Waals surface area (Å²) in [5, 5.41) is 6.75. The molecule has 0 amide bonds. The lowest BCUT2D eigenvalue weighted by atomic mass is 10.0. The van der Waals surface area contributed by atoms with Gasteiger partial charge in [-0.2, -0.15) is 0 Å². The van der Waals surface area contributed by atoms with Crippen molar-refractivity contribution in [3.8, 4) is 0 Å². The number of esters is 2. The molecule has 2 N–H and O–H groups in total. The van der Waals surface area contributed by atoms with E-state index in [2.05, 4.69) is 60.3 Å². The maximum absolute atomic E-state index is 13.0. The van der Waals surface area contributed by atoms with E-state index >= 15 is 0 Å². The Morgan fingerprint density at radius 2 is 1.08 bits per heavy atom. The number of carbonyl (C=O) groups excluding carboxylic acids is 2. The van der Waals surface area contributed by atoms with Gasteiger partial charge in [-0.3, -0.25) is 0 Å². The number of hydrogen-bond acceptors (Lipinski definition) is 8. The minimum Gasteiger partial charge on any atom is -0.465 e. The molecule has 0 spiro atoms. The van der Waals surface area contributed by atoms with Crippen molar-refractivity contribution in [1.82, 2.24) is 0 Å². The predicted octanol–water partition coefficient (Wildman–Crippen LogP) is 6.44. The van der Waals surface area contributed by atoms with E-state index in [1.54, 1.807) is 12.1 Å². The molecule has 0 unspecified atom stereocenters. The van der Waals surface area contributed by atoms with Crippen molar-refractivity contribution in [2.45, 2.75) is 27.7 Å². The smallest absolute Gasteiger partial charge is 0.340 e. The van der Waals surface area contributed by atoms with Crippen LogP contribution in [0.25, 0.3) is 0 Å². The van der Waals surface area contributed by atoms with Gasteiger partial charge in [0.15, 0.2) is 0 Å². The summed E-state index contributed by atoms with van der Waals surface area (Å²) in [5.41, 5.74) is 5.06. The van der Waals surface area contributed by atoms with Gasteiger partial charge in [0.05, 0.1) is 36.7 Å². The maximum atomic E-state index is 13.0. The Bertz CT molecular complexity index is 1220. The van der Waals surface area contributed by atoms with E-state index in [9.17, 15) is 9.59 Å². The van der Waals surface area contributed by atoms with E-state index in [4.69, 9.17) is 9.47 Å². The van der Waals surface area contributed by atoms with Gasteiger partial charge in [-0.25, -0.2) is 9.59 Å². The summed E-state index contributed by atoms with van der Waals surface area (Å²) < 4.78 is 10.0. The van der Waals surface area contributed by atoms with Crippen LogP contribution in [0.15, 0.2) is 60.7 Å². The first kappa shape index (κ1) is 28.4. The Morgan fingerprint density at radius 1 is 0.632 bits per heavy atom. The standard InChI is InChI=1S/C30H38N4O4/c1-7-33(8-2)23-15-11-21(12-16-23)31-26-20-19-25(29(35)37-5)27(30(36)38-6)28(26)32-22-13-17-24(18-14-22)34(9-3)10-4/h11-20,31-32H,7-10H2,1-6H3. The Labute approximate surface area is 225 Å². The molecule has 0 saturated heterocycles. The number of carbonyl (C=O) groups is 2. The van der Waals surface area contributed by atoms with Gasteiger partial charge >= 0.3 is 11.9 Å². The van der Waals surface area contributed by atoms with Crippen molar-refractivity contribution in [3.63, 3.8) is 0 Å². The zero-order chi connectivity index (χ0) is 27.7. The topological polar surface area (TPSA) is 83.1 Å². The third kappa shape index (κ3) is 6.37. The summed E-state index contributed by atoms with van der Waals surface area (Å²) in [5.74, 6) is -1.27. The van der Waals surface area contributed by atoms with Crippen molar-refractivity contribution >= 4 is 46.1 Å². The maximum Gasteiger partial charge on any atom is 0.340 e. The fourth-order valence-electron chi connectivity index (χ4n) is 4.42. The minimum atomic E-state index is -0.645. The molecule has 3 aromatic rings. The number of ether oxygens (including phenoxy) is 2. The highest BCUT2D eigenvalue weighted by Gasteiger charge is 2.25. The Hall–Kier alpha value is -4.20. The largest absolute Gasteiger partial charge is 0.465 e. The second-order valence-corrected chi connectivity index (χ2v) is 8.58. The van der Waals surface area contributed by atoms with E-state index in [0.29, 0.717) is 11.4 Å². The summed E-state index contributed by atoms with van der Waals surface area (Å²) in [6, 6.07) is 19.3. The van der Waals surface area contributed by atoms with Gasteiger partial charge in [-0.1, -0.05) is 0 Å². The average Bonchev–Trinajstić information content (AvgIpc) is 2.95. The van der Waals surface area contributed by atoms with Crippen molar-refractivity contribution < 1.29 is 19.1 Å². The number of benzene rings is 3. The lowest BCUT2D eigenvalue weighted by Gasteiger charge is -2.23. The van der Waals surface area contributed by atoms with Crippen molar-refractivity contribution in [1.29, 1.82) is 0 Å². The van der Waals surface area contributed by atoms with Crippen LogP contribution in [0.4, 0.5) is 34.1 Å². The van der Waals surface area contributed by atoms with Crippen LogP contribution in [0.2, 0.25) is 0 Å². The van der Waals surface area contributed by atoms with Crippen LogP contribution in [0.5, 0.6) is 0 Å². The molecule has 0 bridgehead atoms. The van der Waals surface area contributed by atoms with E-state index in [-0.39, 0.29) is 11.1 Å². The molecule has 0 radical (unpaired) electrons. The van der Waals surface area contributed by atoms with Crippen molar-refractivity contribution in [2.75, 3.05) is 60.8 Å². The van der Waals surface area contributed by atoms with Crippen LogP contribution in [0.3, 0.4) is 0 Å². The molecule has 38 heavy (non-hydrogen) atoms. The summed E-state index contributed by atoms with van der Waals surface area (Å²) in [7, 11) is 2.57. The van der Waals surface area contributed by atoms with Gasteiger partial charge in [-0.15, -0.1) is 0 Å². The van der Waals surface area contributed by atoms with Crippen molar-refractivity contribution in [3.05, 3.63) is 71.8 Å². The second kappa shape index (κ2) is 13.4. The minimum absolute atomic E-state index is 0.0944. The average molecular weight is 519 g/mol. The van der Waals surface area contributed by atoms with Gasteiger partial charge in [0.2, 0.25) is 0 Å². The molecule has 202 valence electrons. The van der Waals surface area contributed by atoms with Gasteiger partial charge in [0.1, 0.15) is 0 Å². The first-order chi connectivity index (χ1) is 18.4. The Balaban J connectivity index is 2.07. The van der Waals surface area contributed by atoms with Crippen LogP contribution in [0.1, 0.15) is 48.4 Å². The molecule has 0 saturated carbocycles. The molecule has 0 aliphatic rings. The van der Waals surface area contributed by atoms with E-state index in [0.717, 1.165) is 48.9 Å². The van der Waals surface area contributed by atoms with Gasteiger partial charge in [0, 0.05) is 48.9 Å². The van der Waals surface area contributed by atoms with E-state index in [1.165, 1.54) is 14.2 Å². The van der Waals surface area contributed by atoms with Crippen LogP contribution >= 0.6 is 0 Å². The lowest BCUT2D eigenvalue weighted by molar-refractivity contribution is 0.0556. The lowest BCUT2D eigenvalue weighted by Crippen LogP contribution is -2.21. The van der Waals surface area contributed by atoms with Crippen LogP contribution in [-0.4, -0.2) is 52.3 Å². The first-order valence-corrected chi connectivity index (χ1v) is 13.0. The van der Waals surface area contributed by atoms with Gasteiger partial charge < -0.3 is 29.9 Å². The fraction of sp³-hybridized carbons (Fsp3) is 0.333. The number of hydrogen-bond donors (Lipinski definition) is 2. The summed E-state index contributed by atoms with van der Waals surface area (Å²) in [6.45, 7) is 12.1. The highest BCUT2D eigenvalue weighted by Crippen LogP contribution is 2.36. The summed E-state index contributed by atoms with van der Waals surface area (Å²) >= 11 is 0. The number of methoxy groups -OCH3 is 2. The number of nitrogens with zero attached hydrogens (tertiary/aromatic N) is 2. The Morgan fingerprint density at radius 3 is 1.50 bits per heavy atom. The van der Waals surface area contributed by atoms with Crippen molar-refractivity contribution in [2.24, 2.45) is 0 Å². The van der Waals surface area contributed by atoms with E-state index in [1.807, 2.05) is 36.4 Å². The zero-order valence-electron chi connectivity index (χ0n) is 23.1. The molecule has 0 aliphatic heterocycles. The molecule has 8 heteroatoms. The quantitative estimate of drug-likeness (QED) is 0.265. The molecule has 3 rings (SSSR count). The van der Waals surface area contributed by atoms with Crippen LogP contribution in [0, 0.1) is 0 Å². The molecular formula is C30H38N4O4. The van der Waals surface area contributed by atoms with Crippen LogP contribution in [-0.2, 0) is 9.47 Å². The molecule has 0 aliphatic carbocycles. The summed E-state index contributed by atoms with van der Waals surface area (Å²) in [6.07, 6.45) is 0. The highest BCUT2D eigenvalue weighted by molar-refractivity contribution is 6.10. The third-order valence-electron chi connectivity index (χ3n) is 6.54. The Kier molecular flexibility index (Phi) is 9.99. The SMILES string of the molecule is CCN(CC)c1ccc(Nc2ccc(C(=O)OC)c(C(=O)OC)c2Nc2ccc(N(CC)CC)cc2)cc1. The molecule has 0 heterocycles. The third-order valence-corrected chi connectivity index (χ3v) is 6.54. The predicted molar refractivity (Wildman–Crippen MR) is 156 cm³/mol. The molecular weight excluding hydrogens is 480 g/mol. The monoisotopic (exact) mass is 518 g/mol. The highest BCUT2D eigenvalue weighted by atomic mass is 16.5. The molecule has 3 aromatic carbocycles. The molecule has 8 nitrogen and oxygen atoms in total. The van der Waals surface area contributed by atoms with Gasteiger partial charge in [0.25, 0.3) is 0 Å². The number of rotatable bonds is 12. The fourth-order valence-corrected chi connectivity index (χ4v) is 4.42. The zero-order valence-corrected chi connectivity index (χ0v) is 23.1. The number of nitrogens with one attached hydrogen (secondary N) is 2. The summed E-state index contributed by atoms with van der Waals surface area (Å²) in [4.78, 5) is 30.1. The second-order valence-electron chi connectivity index (χ2n) is 8.58. The van der Waals surface area contributed by atoms with Crippen LogP contribution < -0.4 is 20.4 Å². The van der Waals surface area contributed by atoms with E-state index < -0.39 is 11.9 Å². The van der Waals surface area contributed by atoms with Gasteiger partial charge in [-0.05, 0) is 88.4 Å². The normalized spacial score (nSPS) is 10.5. The first-order valence-electron chi connectivity index (χ1n) is 13.0.